The van der Waals surface area contributed by atoms with Crippen LogP contribution in [0.2, 0.25) is 0 Å². The molecule has 0 unspecified atom stereocenters. The van der Waals surface area contributed by atoms with Crippen molar-refractivity contribution in [3.05, 3.63) is 79.1 Å². The van der Waals surface area contributed by atoms with E-state index >= 15 is 0 Å². The summed E-state index contributed by atoms with van der Waals surface area (Å²) < 4.78 is 3.49. The molecule has 5 rings (SSSR count). The number of aromatic nitrogens is 3. The molecule has 0 radical (unpaired) electrons. The van der Waals surface area contributed by atoms with Gasteiger partial charge in [0.15, 0.2) is 5.82 Å². The second kappa shape index (κ2) is 5.28. The Labute approximate surface area is 142 Å². The maximum absolute atomic E-state index is 4.87. The van der Waals surface area contributed by atoms with Crippen molar-refractivity contribution in [1.82, 2.24) is 14.5 Å². The standard InChI is InChI=1S/C20H13N3S/c1-2-7-15(8-3-1)23-17-10-11-21-13-16(17)22-20(23)19-12-14-6-4-5-9-18(14)24-19/h1-13H. The molecule has 3 heterocycles. The van der Waals surface area contributed by atoms with Gasteiger partial charge in [-0.05, 0) is 35.7 Å². The van der Waals surface area contributed by atoms with Crippen LogP contribution in [0.1, 0.15) is 0 Å². The Kier molecular flexibility index (Phi) is 2.96. The zero-order chi connectivity index (χ0) is 15.9. The first-order chi connectivity index (χ1) is 11.9. The van der Waals surface area contributed by atoms with Crippen LogP contribution in [0.5, 0.6) is 0 Å². The number of para-hydroxylation sites is 1. The van der Waals surface area contributed by atoms with E-state index in [-0.39, 0.29) is 0 Å². The van der Waals surface area contributed by atoms with Crippen LogP contribution in [0.15, 0.2) is 79.1 Å². The Morgan fingerprint density at radius 2 is 1.71 bits per heavy atom. The summed E-state index contributed by atoms with van der Waals surface area (Å²) in [6.45, 7) is 0. The van der Waals surface area contributed by atoms with E-state index in [1.165, 1.54) is 10.1 Å². The van der Waals surface area contributed by atoms with E-state index in [0.29, 0.717) is 0 Å². The first-order valence-electron chi connectivity index (χ1n) is 7.77. The van der Waals surface area contributed by atoms with E-state index in [0.717, 1.165) is 27.4 Å². The van der Waals surface area contributed by atoms with Gasteiger partial charge in [0.1, 0.15) is 5.52 Å². The first-order valence-corrected chi connectivity index (χ1v) is 8.59. The monoisotopic (exact) mass is 327 g/mol. The number of rotatable bonds is 2. The highest BCUT2D eigenvalue weighted by atomic mass is 32.1. The van der Waals surface area contributed by atoms with Crippen LogP contribution in [0, 0.1) is 0 Å². The van der Waals surface area contributed by atoms with E-state index in [1.807, 2.05) is 24.5 Å². The van der Waals surface area contributed by atoms with Crippen LogP contribution in [0.25, 0.3) is 37.5 Å². The summed E-state index contributed by atoms with van der Waals surface area (Å²) in [6, 6.07) is 23.0. The van der Waals surface area contributed by atoms with E-state index in [4.69, 9.17) is 4.98 Å². The Balaban J connectivity index is 1.85. The summed E-state index contributed by atoms with van der Waals surface area (Å²) >= 11 is 1.77. The molecule has 0 aliphatic heterocycles. The fourth-order valence-electron chi connectivity index (χ4n) is 3.03. The molecule has 0 aliphatic carbocycles. The predicted octanol–water partition coefficient (Wildman–Crippen LogP) is 5.30. The minimum atomic E-state index is 0.911. The maximum Gasteiger partial charge on any atom is 0.155 e. The van der Waals surface area contributed by atoms with Gasteiger partial charge in [0, 0.05) is 16.6 Å². The lowest BCUT2D eigenvalue weighted by molar-refractivity contribution is 1.11. The van der Waals surface area contributed by atoms with Gasteiger partial charge < -0.3 is 0 Å². The summed E-state index contributed by atoms with van der Waals surface area (Å²) in [5.74, 6) is 0.963. The van der Waals surface area contributed by atoms with E-state index in [2.05, 4.69) is 64.1 Å². The van der Waals surface area contributed by atoms with Crippen molar-refractivity contribution in [3.8, 4) is 16.4 Å². The summed E-state index contributed by atoms with van der Waals surface area (Å²) in [6.07, 6.45) is 3.64. The molecular weight excluding hydrogens is 314 g/mol. The van der Waals surface area contributed by atoms with Crippen LogP contribution in [0.3, 0.4) is 0 Å². The SMILES string of the molecule is c1ccc(-n2c(-c3cc4ccccc4s3)nc3cnccc32)cc1. The average Bonchev–Trinajstić information content (AvgIpc) is 3.23. The Morgan fingerprint density at radius 3 is 2.58 bits per heavy atom. The number of hydrogen-bond donors (Lipinski definition) is 0. The molecule has 0 aliphatic rings. The minimum absolute atomic E-state index is 0.911. The van der Waals surface area contributed by atoms with Gasteiger partial charge in [-0.2, -0.15) is 0 Å². The van der Waals surface area contributed by atoms with E-state index < -0.39 is 0 Å². The fraction of sp³-hybridized carbons (Fsp3) is 0. The van der Waals surface area contributed by atoms with Crippen LogP contribution in [0.4, 0.5) is 0 Å². The van der Waals surface area contributed by atoms with Crippen molar-refractivity contribution in [3.63, 3.8) is 0 Å². The molecule has 3 aromatic heterocycles. The first kappa shape index (κ1) is 13.5. The van der Waals surface area contributed by atoms with Gasteiger partial charge in [-0.1, -0.05) is 36.4 Å². The van der Waals surface area contributed by atoms with Gasteiger partial charge in [0.25, 0.3) is 0 Å². The molecule has 0 saturated carbocycles. The molecule has 0 saturated heterocycles. The van der Waals surface area contributed by atoms with Crippen LogP contribution >= 0.6 is 11.3 Å². The van der Waals surface area contributed by atoms with Crippen molar-refractivity contribution in [2.75, 3.05) is 0 Å². The topological polar surface area (TPSA) is 30.7 Å². The third-order valence-corrected chi connectivity index (χ3v) is 5.23. The summed E-state index contributed by atoms with van der Waals surface area (Å²) in [5, 5.41) is 1.25. The number of pyridine rings is 1. The normalized spacial score (nSPS) is 11.3. The molecule has 2 aromatic carbocycles. The number of nitrogens with zero attached hydrogens (tertiary/aromatic N) is 3. The van der Waals surface area contributed by atoms with Gasteiger partial charge in [-0.3, -0.25) is 9.55 Å². The molecule has 0 bridgehead atoms. The quantitative estimate of drug-likeness (QED) is 0.440. The molecule has 0 amide bonds. The van der Waals surface area contributed by atoms with Gasteiger partial charge in [0.05, 0.1) is 16.6 Å². The van der Waals surface area contributed by atoms with Crippen molar-refractivity contribution >= 4 is 32.5 Å². The average molecular weight is 327 g/mol. The van der Waals surface area contributed by atoms with Crippen molar-refractivity contribution < 1.29 is 0 Å². The zero-order valence-electron chi connectivity index (χ0n) is 12.8. The second-order valence-electron chi connectivity index (χ2n) is 5.62. The second-order valence-corrected chi connectivity index (χ2v) is 6.70. The number of benzene rings is 2. The molecular formula is C20H13N3S. The Morgan fingerprint density at radius 1 is 0.875 bits per heavy atom. The molecule has 0 atom stereocenters. The molecule has 4 heteroatoms. The van der Waals surface area contributed by atoms with Crippen molar-refractivity contribution in [2.24, 2.45) is 0 Å². The predicted molar refractivity (Wildman–Crippen MR) is 99.7 cm³/mol. The minimum Gasteiger partial charge on any atom is -0.292 e. The molecule has 114 valence electrons. The Hall–Kier alpha value is -2.98. The lowest BCUT2D eigenvalue weighted by Gasteiger charge is -2.07. The molecule has 3 nitrogen and oxygen atoms in total. The highest BCUT2D eigenvalue weighted by Crippen LogP contribution is 2.35. The third-order valence-electron chi connectivity index (χ3n) is 4.12. The van der Waals surface area contributed by atoms with Gasteiger partial charge in [-0.15, -0.1) is 11.3 Å². The number of thiophene rings is 1. The van der Waals surface area contributed by atoms with Crippen molar-refractivity contribution in [2.45, 2.75) is 0 Å². The highest BCUT2D eigenvalue weighted by Gasteiger charge is 2.16. The van der Waals surface area contributed by atoms with Crippen LogP contribution < -0.4 is 0 Å². The van der Waals surface area contributed by atoms with Gasteiger partial charge in [-0.25, -0.2) is 4.98 Å². The lowest BCUT2D eigenvalue weighted by Crippen LogP contribution is -1.95. The van der Waals surface area contributed by atoms with E-state index in [1.54, 1.807) is 11.3 Å². The largest absolute Gasteiger partial charge is 0.292 e. The van der Waals surface area contributed by atoms with Crippen LogP contribution in [-0.2, 0) is 0 Å². The molecule has 24 heavy (non-hydrogen) atoms. The fourth-order valence-corrected chi connectivity index (χ4v) is 4.07. The highest BCUT2D eigenvalue weighted by molar-refractivity contribution is 7.22. The van der Waals surface area contributed by atoms with Crippen molar-refractivity contribution in [1.29, 1.82) is 0 Å². The Bertz CT molecular complexity index is 1120. The molecule has 0 spiro atoms. The smallest absolute Gasteiger partial charge is 0.155 e. The third kappa shape index (κ3) is 2.04. The van der Waals surface area contributed by atoms with E-state index in [9.17, 15) is 0 Å². The van der Waals surface area contributed by atoms with Crippen LogP contribution in [-0.4, -0.2) is 14.5 Å². The molecule has 0 fully saturated rings. The maximum atomic E-state index is 4.87. The molecule has 0 N–H and O–H groups in total. The zero-order valence-corrected chi connectivity index (χ0v) is 13.6. The summed E-state index contributed by atoms with van der Waals surface area (Å²) in [5.41, 5.74) is 3.09. The summed E-state index contributed by atoms with van der Waals surface area (Å²) in [4.78, 5) is 10.3. The number of hydrogen-bond acceptors (Lipinski definition) is 3. The molecule has 5 aromatic rings. The van der Waals surface area contributed by atoms with Gasteiger partial charge in [0.2, 0.25) is 0 Å². The summed E-state index contributed by atoms with van der Waals surface area (Å²) in [7, 11) is 0. The number of fused-ring (bicyclic) bond motifs is 2. The lowest BCUT2D eigenvalue weighted by atomic mass is 10.2. The number of imidazole rings is 1. The van der Waals surface area contributed by atoms with Gasteiger partial charge >= 0.3 is 0 Å².